The molecule has 1 N–H and O–H groups in total. The summed E-state index contributed by atoms with van der Waals surface area (Å²) in [6, 6.07) is 9.58. The van der Waals surface area contributed by atoms with Gasteiger partial charge in [-0.2, -0.15) is 0 Å². The molecule has 0 radical (unpaired) electrons. The predicted octanol–water partition coefficient (Wildman–Crippen LogP) is 3.69. The van der Waals surface area contributed by atoms with E-state index in [1.54, 1.807) is 5.51 Å². The minimum atomic E-state index is -0.184. The Hall–Kier alpha value is -2.14. The Morgan fingerprint density at radius 3 is 2.90 bits per heavy atom. The van der Waals surface area contributed by atoms with E-state index in [4.69, 9.17) is 4.42 Å². The van der Waals surface area contributed by atoms with E-state index in [1.165, 1.54) is 11.3 Å². The lowest BCUT2D eigenvalue weighted by molar-refractivity contribution is 0.0939. The van der Waals surface area contributed by atoms with Gasteiger partial charge in [0.1, 0.15) is 16.2 Å². The second kappa shape index (κ2) is 5.09. The molecule has 5 heteroatoms. The summed E-state index contributed by atoms with van der Waals surface area (Å²) in [7, 11) is 0. The molecule has 0 aliphatic heterocycles. The number of hydrogen-bond donors (Lipinski definition) is 1. The standard InChI is InChI=1S/C15H14N2O2S/c1-9(17-15(18)14-10(2)16-8-20-14)13-7-11-5-3-4-6-12(11)19-13/h3-9H,1-2H3,(H,17,18)/t9-/m0/s1. The quantitative estimate of drug-likeness (QED) is 0.799. The average Bonchev–Trinajstić information content (AvgIpc) is 3.04. The first-order valence-electron chi connectivity index (χ1n) is 6.34. The number of fused-ring (bicyclic) bond motifs is 1. The van der Waals surface area contributed by atoms with E-state index in [9.17, 15) is 4.79 Å². The molecule has 0 spiro atoms. The fourth-order valence-electron chi connectivity index (χ4n) is 2.07. The molecule has 3 rings (SSSR count). The van der Waals surface area contributed by atoms with Crippen LogP contribution >= 0.6 is 11.3 Å². The van der Waals surface area contributed by atoms with E-state index in [0.29, 0.717) is 4.88 Å². The number of hydrogen-bond acceptors (Lipinski definition) is 4. The number of rotatable bonds is 3. The molecular formula is C15H14N2O2S. The molecule has 3 aromatic rings. The Labute approximate surface area is 120 Å². The highest BCUT2D eigenvalue weighted by atomic mass is 32.1. The van der Waals surface area contributed by atoms with Gasteiger partial charge in [-0.3, -0.25) is 4.79 Å². The third-order valence-corrected chi connectivity index (χ3v) is 4.10. The molecule has 0 saturated carbocycles. The number of para-hydroxylation sites is 1. The molecular weight excluding hydrogens is 272 g/mol. The van der Waals surface area contributed by atoms with E-state index >= 15 is 0 Å². The van der Waals surface area contributed by atoms with Crippen molar-refractivity contribution in [2.75, 3.05) is 0 Å². The number of thiazole rings is 1. The zero-order valence-corrected chi connectivity index (χ0v) is 12.0. The highest BCUT2D eigenvalue weighted by molar-refractivity contribution is 7.11. The fourth-order valence-corrected chi connectivity index (χ4v) is 2.77. The highest BCUT2D eigenvalue weighted by Crippen LogP contribution is 2.24. The summed E-state index contributed by atoms with van der Waals surface area (Å²) in [4.78, 5) is 16.9. The van der Waals surface area contributed by atoms with Crippen molar-refractivity contribution in [2.45, 2.75) is 19.9 Å². The number of aromatic nitrogens is 1. The van der Waals surface area contributed by atoms with Gasteiger partial charge in [0.25, 0.3) is 5.91 Å². The van der Waals surface area contributed by atoms with Crippen LogP contribution in [-0.2, 0) is 0 Å². The second-order valence-electron chi connectivity index (χ2n) is 4.65. The van der Waals surface area contributed by atoms with Crippen LogP contribution in [0.4, 0.5) is 0 Å². The van der Waals surface area contributed by atoms with Gasteiger partial charge in [0.2, 0.25) is 0 Å². The maximum Gasteiger partial charge on any atom is 0.263 e. The van der Waals surface area contributed by atoms with E-state index in [-0.39, 0.29) is 11.9 Å². The smallest absolute Gasteiger partial charge is 0.263 e. The Balaban J connectivity index is 1.80. The van der Waals surface area contributed by atoms with Crippen LogP contribution in [0.2, 0.25) is 0 Å². The van der Waals surface area contributed by atoms with Gasteiger partial charge in [-0.1, -0.05) is 18.2 Å². The van der Waals surface area contributed by atoms with Crippen LogP contribution < -0.4 is 5.32 Å². The van der Waals surface area contributed by atoms with Gasteiger partial charge < -0.3 is 9.73 Å². The molecule has 1 atom stereocenters. The number of nitrogens with zero attached hydrogens (tertiary/aromatic N) is 1. The van der Waals surface area contributed by atoms with Crippen molar-refractivity contribution < 1.29 is 9.21 Å². The van der Waals surface area contributed by atoms with Crippen molar-refractivity contribution in [1.82, 2.24) is 10.3 Å². The van der Waals surface area contributed by atoms with Gasteiger partial charge in [0, 0.05) is 5.39 Å². The van der Waals surface area contributed by atoms with Gasteiger partial charge in [0.05, 0.1) is 17.2 Å². The van der Waals surface area contributed by atoms with Crippen LogP contribution in [0.15, 0.2) is 40.3 Å². The summed E-state index contributed by atoms with van der Waals surface area (Å²) >= 11 is 1.35. The monoisotopic (exact) mass is 286 g/mol. The minimum Gasteiger partial charge on any atom is -0.459 e. The number of furan rings is 1. The van der Waals surface area contributed by atoms with Crippen LogP contribution in [0, 0.1) is 6.92 Å². The number of nitrogens with one attached hydrogen (secondary N) is 1. The molecule has 1 amide bonds. The molecule has 0 bridgehead atoms. The molecule has 0 fully saturated rings. The SMILES string of the molecule is Cc1ncsc1C(=O)N[C@@H](C)c1cc2ccccc2o1. The van der Waals surface area contributed by atoms with Crippen LogP contribution in [0.3, 0.4) is 0 Å². The Kier molecular flexibility index (Phi) is 3.28. The van der Waals surface area contributed by atoms with Crippen LogP contribution in [-0.4, -0.2) is 10.9 Å². The van der Waals surface area contributed by atoms with Crippen LogP contribution in [0.1, 0.15) is 34.1 Å². The first-order valence-corrected chi connectivity index (χ1v) is 7.22. The molecule has 102 valence electrons. The third kappa shape index (κ3) is 2.32. The lowest BCUT2D eigenvalue weighted by atomic mass is 10.2. The zero-order chi connectivity index (χ0) is 14.1. The van der Waals surface area contributed by atoms with Crippen LogP contribution in [0.5, 0.6) is 0 Å². The van der Waals surface area contributed by atoms with Crippen molar-refractivity contribution in [3.05, 3.63) is 52.2 Å². The largest absolute Gasteiger partial charge is 0.459 e. The van der Waals surface area contributed by atoms with Crippen molar-refractivity contribution in [1.29, 1.82) is 0 Å². The molecule has 1 aromatic carbocycles. The summed E-state index contributed by atoms with van der Waals surface area (Å²) in [5.74, 6) is 0.639. The van der Waals surface area contributed by atoms with Crippen LogP contribution in [0.25, 0.3) is 11.0 Å². The van der Waals surface area contributed by atoms with E-state index in [0.717, 1.165) is 22.4 Å². The molecule has 0 unspecified atom stereocenters. The van der Waals surface area contributed by atoms with Gasteiger partial charge in [-0.15, -0.1) is 11.3 Å². The maximum atomic E-state index is 12.1. The number of carbonyl (C=O) groups is 1. The van der Waals surface area contributed by atoms with Gasteiger partial charge in [0.15, 0.2) is 0 Å². The number of benzene rings is 1. The molecule has 0 aliphatic carbocycles. The zero-order valence-electron chi connectivity index (χ0n) is 11.2. The third-order valence-electron chi connectivity index (χ3n) is 3.17. The molecule has 4 nitrogen and oxygen atoms in total. The van der Waals surface area contributed by atoms with Crippen molar-refractivity contribution >= 4 is 28.2 Å². The van der Waals surface area contributed by atoms with Gasteiger partial charge >= 0.3 is 0 Å². The normalized spacial score (nSPS) is 12.5. The second-order valence-corrected chi connectivity index (χ2v) is 5.50. The Morgan fingerprint density at radius 2 is 2.20 bits per heavy atom. The number of aryl methyl sites for hydroxylation is 1. The molecule has 0 saturated heterocycles. The molecule has 2 aromatic heterocycles. The highest BCUT2D eigenvalue weighted by Gasteiger charge is 2.17. The maximum absolute atomic E-state index is 12.1. The summed E-state index contributed by atoms with van der Waals surface area (Å²) in [6.45, 7) is 3.74. The molecule has 20 heavy (non-hydrogen) atoms. The summed E-state index contributed by atoms with van der Waals surface area (Å²) < 4.78 is 5.75. The molecule has 2 heterocycles. The number of carbonyl (C=O) groups excluding carboxylic acids is 1. The lowest BCUT2D eigenvalue weighted by Crippen LogP contribution is -2.26. The minimum absolute atomic E-state index is 0.113. The first-order chi connectivity index (χ1) is 9.65. The van der Waals surface area contributed by atoms with Gasteiger partial charge in [-0.05, 0) is 26.0 Å². The fraction of sp³-hybridized carbons (Fsp3) is 0.200. The van der Waals surface area contributed by atoms with E-state index < -0.39 is 0 Å². The predicted molar refractivity (Wildman–Crippen MR) is 78.9 cm³/mol. The molecule has 0 aliphatic rings. The summed E-state index contributed by atoms with van der Waals surface area (Å²) in [6.07, 6.45) is 0. The Bertz CT molecular complexity index is 727. The number of amides is 1. The lowest BCUT2D eigenvalue weighted by Gasteiger charge is -2.10. The summed E-state index contributed by atoms with van der Waals surface area (Å²) in [5, 5.41) is 3.98. The first kappa shape index (κ1) is 12.9. The van der Waals surface area contributed by atoms with E-state index in [1.807, 2.05) is 44.2 Å². The topological polar surface area (TPSA) is 55.1 Å². The van der Waals surface area contributed by atoms with Gasteiger partial charge in [-0.25, -0.2) is 4.98 Å². The van der Waals surface area contributed by atoms with Crippen molar-refractivity contribution in [2.24, 2.45) is 0 Å². The summed E-state index contributed by atoms with van der Waals surface area (Å²) in [5.41, 5.74) is 3.26. The average molecular weight is 286 g/mol. The van der Waals surface area contributed by atoms with Crippen molar-refractivity contribution in [3.8, 4) is 0 Å². The Morgan fingerprint density at radius 1 is 1.40 bits per heavy atom. The van der Waals surface area contributed by atoms with E-state index in [2.05, 4.69) is 10.3 Å². The van der Waals surface area contributed by atoms with Crippen molar-refractivity contribution in [3.63, 3.8) is 0 Å².